The molecule has 0 spiro atoms. The van der Waals surface area contributed by atoms with E-state index in [0.29, 0.717) is 6.42 Å². The van der Waals surface area contributed by atoms with Crippen molar-refractivity contribution in [2.24, 2.45) is 0 Å². The van der Waals surface area contributed by atoms with Gasteiger partial charge in [0.25, 0.3) is 0 Å². The predicted molar refractivity (Wildman–Crippen MR) is 82.9 cm³/mol. The molecule has 1 aromatic heterocycles. The van der Waals surface area contributed by atoms with Crippen molar-refractivity contribution in [3.05, 3.63) is 59.4 Å². The minimum Gasteiger partial charge on any atom is -0.392 e. The first-order valence-electron chi connectivity index (χ1n) is 7.09. The molecular weight excluding hydrogens is 264 g/mol. The number of aliphatic hydroxyl groups excluding tert-OH is 1. The van der Waals surface area contributed by atoms with E-state index in [4.69, 9.17) is 5.11 Å². The van der Waals surface area contributed by atoms with Crippen LogP contribution in [0, 0.1) is 6.92 Å². The van der Waals surface area contributed by atoms with Crippen LogP contribution in [-0.2, 0) is 17.8 Å². The van der Waals surface area contributed by atoms with Crippen LogP contribution in [0.5, 0.6) is 0 Å². The Morgan fingerprint density at radius 1 is 1.29 bits per heavy atom. The van der Waals surface area contributed by atoms with Crippen LogP contribution in [0.2, 0.25) is 0 Å². The lowest BCUT2D eigenvalue weighted by molar-refractivity contribution is -0.116. The van der Waals surface area contributed by atoms with E-state index in [1.54, 1.807) is 6.20 Å². The second kappa shape index (κ2) is 7.55. The van der Waals surface area contributed by atoms with Crippen LogP contribution in [0.3, 0.4) is 0 Å². The summed E-state index contributed by atoms with van der Waals surface area (Å²) < 4.78 is 0. The van der Waals surface area contributed by atoms with Crippen molar-refractivity contribution in [3.8, 4) is 0 Å². The number of nitrogens with zero attached hydrogens (tertiary/aromatic N) is 1. The fraction of sp³-hybridized carbons (Fsp3) is 0.294. The van der Waals surface area contributed by atoms with Crippen molar-refractivity contribution in [2.45, 2.75) is 32.8 Å². The molecule has 4 heteroatoms. The summed E-state index contributed by atoms with van der Waals surface area (Å²) in [6.07, 6.45) is 3.78. The van der Waals surface area contributed by atoms with Gasteiger partial charge in [-0.3, -0.25) is 9.78 Å². The maximum absolute atomic E-state index is 12.0. The van der Waals surface area contributed by atoms with E-state index in [2.05, 4.69) is 10.3 Å². The standard InChI is InChI=1S/C17H20N2O2/c1-13-8-9-14(12-20)11-16(13)19-17(21)7-4-6-15-5-2-3-10-18-15/h2-3,5,8-11,20H,4,6-7,12H2,1H3,(H,19,21). The zero-order chi connectivity index (χ0) is 15.1. The highest BCUT2D eigenvalue weighted by Crippen LogP contribution is 2.17. The highest BCUT2D eigenvalue weighted by Gasteiger charge is 2.06. The number of rotatable bonds is 6. The minimum atomic E-state index is -0.0250. The number of benzene rings is 1. The first-order chi connectivity index (χ1) is 10.2. The molecule has 1 amide bonds. The van der Waals surface area contributed by atoms with E-state index in [1.165, 1.54) is 0 Å². The van der Waals surface area contributed by atoms with E-state index in [1.807, 2.05) is 43.3 Å². The summed E-state index contributed by atoms with van der Waals surface area (Å²) >= 11 is 0. The van der Waals surface area contributed by atoms with Crippen molar-refractivity contribution in [2.75, 3.05) is 5.32 Å². The molecule has 0 fully saturated rings. The molecule has 0 radical (unpaired) electrons. The lowest BCUT2D eigenvalue weighted by Gasteiger charge is -2.10. The fourth-order valence-corrected chi connectivity index (χ4v) is 2.09. The number of hydrogen-bond acceptors (Lipinski definition) is 3. The van der Waals surface area contributed by atoms with E-state index in [9.17, 15) is 4.79 Å². The molecule has 1 heterocycles. The van der Waals surface area contributed by atoms with Crippen LogP contribution in [0.25, 0.3) is 0 Å². The van der Waals surface area contributed by atoms with Crippen molar-refractivity contribution in [3.63, 3.8) is 0 Å². The van der Waals surface area contributed by atoms with E-state index >= 15 is 0 Å². The maximum atomic E-state index is 12.0. The van der Waals surface area contributed by atoms with Crippen LogP contribution < -0.4 is 5.32 Å². The Morgan fingerprint density at radius 3 is 2.86 bits per heavy atom. The van der Waals surface area contributed by atoms with E-state index in [0.717, 1.165) is 35.3 Å². The monoisotopic (exact) mass is 284 g/mol. The normalized spacial score (nSPS) is 10.4. The molecule has 0 saturated heterocycles. The maximum Gasteiger partial charge on any atom is 0.224 e. The van der Waals surface area contributed by atoms with Crippen LogP contribution in [0.4, 0.5) is 5.69 Å². The summed E-state index contributed by atoms with van der Waals surface area (Å²) in [5.74, 6) is -0.0101. The number of carbonyl (C=O) groups excluding carboxylic acids is 1. The SMILES string of the molecule is Cc1ccc(CO)cc1NC(=O)CCCc1ccccn1. The topological polar surface area (TPSA) is 62.2 Å². The number of aromatic nitrogens is 1. The van der Waals surface area contributed by atoms with Crippen molar-refractivity contribution < 1.29 is 9.90 Å². The van der Waals surface area contributed by atoms with Gasteiger partial charge in [-0.2, -0.15) is 0 Å². The lowest BCUT2D eigenvalue weighted by Crippen LogP contribution is -2.12. The molecule has 21 heavy (non-hydrogen) atoms. The van der Waals surface area contributed by atoms with Crippen LogP contribution in [0.15, 0.2) is 42.6 Å². The number of carbonyl (C=O) groups is 1. The summed E-state index contributed by atoms with van der Waals surface area (Å²) in [6, 6.07) is 11.4. The summed E-state index contributed by atoms with van der Waals surface area (Å²) in [5.41, 5.74) is 3.56. The molecule has 0 unspecified atom stereocenters. The van der Waals surface area contributed by atoms with Crippen molar-refractivity contribution in [1.29, 1.82) is 0 Å². The molecule has 0 saturated carbocycles. The molecule has 2 N–H and O–H groups in total. The zero-order valence-corrected chi connectivity index (χ0v) is 12.2. The third kappa shape index (κ3) is 4.68. The molecule has 0 aliphatic rings. The smallest absolute Gasteiger partial charge is 0.224 e. The van der Waals surface area contributed by atoms with Gasteiger partial charge in [-0.25, -0.2) is 0 Å². The van der Waals surface area contributed by atoms with Gasteiger partial charge in [0.1, 0.15) is 0 Å². The molecule has 0 aliphatic heterocycles. The van der Waals surface area contributed by atoms with Gasteiger partial charge in [-0.1, -0.05) is 18.2 Å². The Morgan fingerprint density at radius 2 is 2.14 bits per heavy atom. The summed E-state index contributed by atoms with van der Waals surface area (Å²) in [6.45, 7) is 1.91. The van der Waals surface area contributed by atoms with Crippen molar-refractivity contribution >= 4 is 11.6 Å². The number of pyridine rings is 1. The van der Waals surface area contributed by atoms with Gasteiger partial charge in [0.15, 0.2) is 0 Å². The average molecular weight is 284 g/mol. The molecule has 0 aliphatic carbocycles. The van der Waals surface area contributed by atoms with Gasteiger partial charge in [0.05, 0.1) is 6.61 Å². The quantitative estimate of drug-likeness (QED) is 0.857. The van der Waals surface area contributed by atoms with Crippen LogP contribution >= 0.6 is 0 Å². The Bertz CT molecular complexity index is 597. The van der Waals surface area contributed by atoms with Gasteiger partial charge < -0.3 is 10.4 Å². The van der Waals surface area contributed by atoms with Gasteiger partial charge in [-0.15, -0.1) is 0 Å². The van der Waals surface area contributed by atoms with E-state index in [-0.39, 0.29) is 12.5 Å². The highest BCUT2D eigenvalue weighted by molar-refractivity contribution is 5.91. The zero-order valence-electron chi connectivity index (χ0n) is 12.2. The first-order valence-corrected chi connectivity index (χ1v) is 7.09. The number of aliphatic hydroxyl groups is 1. The molecule has 2 rings (SSSR count). The van der Waals surface area contributed by atoms with Gasteiger partial charge in [0.2, 0.25) is 5.91 Å². The van der Waals surface area contributed by atoms with Crippen LogP contribution in [0.1, 0.15) is 29.7 Å². The Labute approximate surface area is 124 Å². The fourth-order valence-electron chi connectivity index (χ4n) is 2.09. The van der Waals surface area contributed by atoms with E-state index < -0.39 is 0 Å². The summed E-state index contributed by atoms with van der Waals surface area (Å²) in [5, 5.41) is 12.0. The number of hydrogen-bond donors (Lipinski definition) is 2. The largest absolute Gasteiger partial charge is 0.392 e. The number of amides is 1. The molecule has 2 aromatic rings. The Kier molecular flexibility index (Phi) is 5.46. The third-order valence-corrected chi connectivity index (χ3v) is 3.32. The predicted octanol–water partition coefficient (Wildman–Crippen LogP) is 2.84. The lowest BCUT2D eigenvalue weighted by atomic mass is 10.1. The summed E-state index contributed by atoms with van der Waals surface area (Å²) in [7, 11) is 0. The Balaban J connectivity index is 1.84. The number of nitrogens with one attached hydrogen (secondary N) is 1. The van der Waals surface area contributed by atoms with Crippen LogP contribution in [-0.4, -0.2) is 16.0 Å². The third-order valence-electron chi connectivity index (χ3n) is 3.32. The average Bonchev–Trinajstić information content (AvgIpc) is 2.50. The van der Waals surface area contributed by atoms with Gasteiger partial charge in [-0.05, 0) is 49.1 Å². The number of anilines is 1. The van der Waals surface area contributed by atoms with Gasteiger partial charge in [0, 0.05) is 24.0 Å². The second-order valence-corrected chi connectivity index (χ2v) is 5.03. The molecule has 0 bridgehead atoms. The molecule has 4 nitrogen and oxygen atoms in total. The second-order valence-electron chi connectivity index (χ2n) is 5.03. The molecule has 0 atom stereocenters. The highest BCUT2D eigenvalue weighted by atomic mass is 16.3. The molecular formula is C17H20N2O2. The van der Waals surface area contributed by atoms with Gasteiger partial charge >= 0.3 is 0 Å². The molecule has 110 valence electrons. The summed E-state index contributed by atoms with van der Waals surface area (Å²) in [4.78, 5) is 16.2. The van der Waals surface area contributed by atoms with Crippen molar-refractivity contribution in [1.82, 2.24) is 4.98 Å². The number of aryl methyl sites for hydroxylation is 2. The minimum absolute atomic E-state index is 0.0101. The molecule has 1 aromatic carbocycles. The first kappa shape index (κ1) is 15.2. The Hall–Kier alpha value is -2.20.